The predicted octanol–water partition coefficient (Wildman–Crippen LogP) is 13.1. The molecule has 0 saturated carbocycles. The lowest BCUT2D eigenvalue weighted by Gasteiger charge is -2.24. The van der Waals surface area contributed by atoms with E-state index < -0.39 is 0 Å². The Morgan fingerprint density at radius 1 is 0.404 bits per heavy atom. The predicted molar refractivity (Wildman–Crippen MR) is 234 cm³/mol. The number of fused-ring (bicyclic) bond motifs is 10. The zero-order valence-corrected chi connectivity index (χ0v) is 30.8. The number of benzene rings is 9. The molecule has 9 aromatic carbocycles. The summed E-state index contributed by atoms with van der Waals surface area (Å²) in [5.74, 6) is 2.99. The number of allylic oxidation sites excluding steroid dienone is 2. The molecule has 57 heavy (non-hydrogen) atoms. The second kappa shape index (κ2) is 12.6. The van der Waals surface area contributed by atoms with Gasteiger partial charge in [0, 0.05) is 22.3 Å². The highest BCUT2D eigenvalue weighted by molar-refractivity contribution is 6.13. The quantitative estimate of drug-likeness (QED) is 0.169. The third-order valence-electron chi connectivity index (χ3n) is 11.9. The van der Waals surface area contributed by atoms with Crippen LogP contribution in [0.5, 0.6) is 5.75 Å². The summed E-state index contributed by atoms with van der Waals surface area (Å²) in [6.07, 6.45) is 6.52. The lowest BCUT2D eigenvalue weighted by Crippen LogP contribution is -2.19. The number of aromatic nitrogens is 3. The first-order valence-corrected chi connectivity index (χ1v) is 19.5. The van der Waals surface area contributed by atoms with E-state index in [-0.39, 0.29) is 12.0 Å². The zero-order valence-electron chi connectivity index (χ0n) is 30.8. The van der Waals surface area contributed by atoms with Crippen molar-refractivity contribution >= 4 is 59.4 Å². The number of ether oxygens (including phenoxy) is 1. The van der Waals surface area contributed by atoms with Crippen LogP contribution in [0, 0.1) is 0 Å². The largest absolute Gasteiger partial charge is 0.485 e. The molecule has 0 spiro atoms. The van der Waals surface area contributed by atoms with Crippen LogP contribution < -0.4 is 4.74 Å². The Morgan fingerprint density at radius 2 is 0.982 bits per heavy atom. The topological polar surface area (TPSA) is 47.9 Å². The second-order valence-corrected chi connectivity index (χ2v) is 15.0. The first kappa shape index (κ1) is 31.9. The summed E-state index contributed by atoms with van der Waals surface area (Å²) in [4.78, 5) is 16.0. The van der Waals surface area contributed by atoms with Crippen LogP contribution in [0.4, 0.5) is 0 Å². The first-order valence-electron chi connectivity index (χ1n) is 19.5. The third-order valence-corrected chi connectivity index (χ3v) is 11.9. The number of rotatable bonds is 4. The van der Waals surface area contributed by atoms with Crippen molar-refractivity contribution in [1.82, 2.24) is 15.0 Å². The molecule has 4 nitrogen and oxygen atoms in total. The number of nitrogens with zero attached hydrogens (tertiary/aromatic N) is 3. The summed E-state index contributed by atoms with van der Waals surface area (Å²) in [6, 6.07) is 60.4. The summed E-state index contributed by atoms with van der Waals surface area (Å²) < 4.78 is 6.43. The molecule has 266 valence electrons. The van der Waals surface area contributed by atoms with Crippen LogP contribution in [-0.4, -0.2) is 21.1 Å². The number of para-hydroxylation sites is 1. The van der Waals surface area contributed by atoms with Crippen molar-refractivity contribution in [2.24, 2.45) is 0 Å². The molecule has 0 amide bonds. The Balaban J connectivity index is 1.10. The van der Waals surface area contributed by atoms with Gasteiger partial charge in [0.2, 0.25) is 0 Å². The SMILES string of the molecule is C1=CC2Oc3ccccc3C2C(c2cccc3c(-c4nc(-c5ccc6ccc7ccccc7c6c5)nc(-c5cc6ccccc6c6ccccc56)n4)cccc23)=C1. The van der Waals surface area contributed by atoms with E-state index in [1.807, 2.05) is 6.07 Å². The van der Waals surface area contributed by atoms with Crippen LogP contribution in [-0.2, 0) is 0 Å². The van der Waals surface area contributed by atoms with Crippen molar-refractivity contribution < 1.29 is 4.74 Å². The lowest BCUT2D eigenvalue weighted by molar-refractivity contribution is 0.271. The van der Waals surface area contributed by atoms with E-state index in [1.165, 1.54) is 49.0 Å². The summed E-state index contributed by atoms with van der Waals surface area (Å²) >= 11 is 0. The van der Waals surface area contributed by atoms with Crippen LogP contribution >= 0.6 is 0 Å². The van der Waals surface area contributed by atoms with Crippen LogP contribution in [0.3, 0.4) is 0 Å². The van der Waals surface area contributed by atoms with Crippen LogP contribution in [0.15, 0.2) is 188 Å². The smallest absolute Gasteiger partial charge is 0.164 e. The van der Waals surface area contributed by atoms with E-state index in [1.54, 1.807) is 0 Å². The van der Waals surface area contributed by atoms with E-state index in [2.05, 4.69) is 182 Å². The average molecular weight is 728 g/mol. The number of hydrogen-bond acceptors (Lipinski definition) is 4. The minimum Gasteiger partial charge on any atom is -0.485 e. The van der Waals surface area contributed by atoms with Gasteiger partial charge in [-0.25, -0.2) is 15.0 Å². The van der Waals surface area contributed by atoms with Crippen molar-refractivity contribution in [2.75, 3.05) is 0 Å². The Bertz CT molecular complexity index is 3360. The molecular weight excluding hydrogens is 695 g/mol. The van der Waals surface area contributed by atoms with Gasteiger partial charge in [0.05, 0.1) is 5.92 Å². The fourth-order valence-corrected chi connectivity index (χ4v) is 9.24. The highest BCUT2D eigenvalue weighted by atomic mass is 16.5. The standard InChI is InChI=1S/C53H33N3O/c1-3-14-36-32(12-1)26-27-33-28-29-35(31-46(33)36)51-54-52(56-53(55-51)47-30-34-13-2-4-15-37(34)38-16-5-6-17-42(38)47)44-23-10-19-39-40(20-9-21-41(39)44)43-22-11-25-49-50(43)45-18-7-8-24-48(45)57-49/h1-31,49-50H. The van der Waals surface area contributed by atoms with Crippen LogP contribution in [0.2, 0.25) is 0 Å². The lowest BCUT2D eigenvalue weighted by atomic mass is 9.80. The summed E-state index contributed by atoms with van der Waals surface area (Å²) in [7, 11) is 0. The molecule has 2 aliphatic rings. The molecule has 10 aromatic rings. The average Bonchev–Trinajstić information content (AvgIpc) is 3.67. The van der Waals surface area contributed by atoms with E-state index in [4.69, 9.17) is 19.7 Å². The van der Waals surface area contributed by atoms with Crippen LogP contribution in [0.1, 0.15) is 17.0 Å². The van der Waals surface area contributed by atoms with Gasteiger partial charge >= 0.3 is 0 Å². The van der Waals surface area contributed by atoms with Gasteiger partial charge in [-0.15, -0.1) is 0 Å². The van der Waals surface area contributed by atoms with E-state index >= 15 is 0 Å². The van der Waals surface area contributed by atoms with Gasteiger partial charge in [-0.2, -0.15) is 0 Å². The van der Waals surface area contributed by atoms with Crippen molar-refractivity contribution in [1.29, 1.82) is 0 Å². The molecule has 2 unspecified atom stereocenters. The van der Waals surface area contributed by atoms with E-state index in [0.717, 1.165) is 44.0 Å². The molecule has 0 radical (unpaired) electrons. The molecule has 1 aliphatic carbocycles. The van der Waals surface area contributed by atoms with Gasteiger partial charge in [-0.05, 0) is 89.3 Å². The second-order valence-electron chi connectivity index (χ2n) is 15.0. The Kier molecular flexibility index (Phi) is 7.02. The van der Waals surface area contributed by atoms with Gasteiger partial charge in [0.25, 0.3) is 0 Å². The fraction of sp³-hybridized carbons (Fsp3) is 0.0377. The normalized spacial score (nSPS) is 15.9. The monoisotopic (exact) mass is 727 g/mol. The molecule has 0 saturated heterocycles. The van der Waals surface area contributed by atoms with Gasteiger partial charge in [0.15, 0.2) is 17.5 Å². The van der Waals surface area contributed by atoms with Crippen molar-refractivity contribution in [3.05, 3.63) is 199 Å². The Hall–Kier alpha value is -7.43. The maximum absolute atomic E-state index is 6.43. The zero-order chi connectivity index (χ0) is 37.5. The number of hydrogen-bond donors (Lipinski definition) is 0. The van der Waals surface area contributed by atoms with Gasteiger partial charge < -0.3 is 4.74 Å². The highest BCUT2D eigenvalue weighted by Crippen LogP contribution is 2.49. The van der Waals surface area contributed by atoms with Gasteiger partial charge in [0.1, 0.15) is 11.9 Å². The van der Waals surface area contributed by atoms with E-state index in [9.17, 15) is 0 Å². The van der Waals surface area contributed by atoms with E-state index in [0.29, 0.717) is 17.5 Å². The van der Waals surface area contributed by atoms with Gasteiger partial charge in [-0.1, -0.05) is 164 Å². The maximum atomic E-state index is 6.43. The Labute approximate surface area is 329 Å². The summed E-state index contributed by atoms with van der Waals surface area (Å²) in [5, 5.41) is 11.6. The van der Waals surface area contributed by atoms with Gasteiger partial charge in [-0.3, -0.25) is 0 Å². The fourth-order valence-electron chi connectivity index (χ4n) is 9.24. The molecular formula is C53H33N3O. The minimum atomic E-state index is -0.0367. The summed E-state index contributed by atoms with van der Waals surface area (Å²) in [5.41, 5.74) is 6.54. The van der Waals surface area contributed by atoms with Crippen molar-refractivity contribution in [3.63, 3.8) is 0 Å². The third kappa shape index (κ3) is 5.04. The molecule has 0 fully saturated rings. The highest BCUT2D eigenvalue weighted by Gasteiger charge is 2.37. The first-order chi connectivity index (χ1) is 28.2. The molecule has 4 heteroatoms. The van der Waals surface area contributed by atoms with Crippen LogP contribution in [0.25, 0.3) is 93.6 Å². The molecule has 12 rings (SSSR count). The Morgan fingerprint density at radius 3 is 1.82 bits per heavy atom. The van der Waals surface area contributed by atoms with Crippen molar-refractivity contribution in [3.8, 4) is 39.9 Å². The molecule has 1 aliphatic heterocycles. The molecule has 1 aromatic heterocycles. The molecule has 2 heterocycles. The molecule has 0 N–H and O–H groups in total. The molecule has 2 atom stereocenters. The summed E-state index contributed by atoms with van der Waals surface area (Å²) in [6.45, 7) is 0. The maximum Gasteiger partial charge on any atom is 0.164 e. The molecule has 0 bridgehead atoms. The van der Waals surface area contributed by atoms with Crippen molar-refractivity contribution in [2.45, 2.75) is 12.0 Å². The minimum absolute atomic E-state index is 0.0367.